The van der Waals surface area contributed by atoms with Crippen molar-refractivity contribution in [1.82, 2.24) is 10.3 Å². The number of nitrogens with one attached hydrogen (secondary N) is 1. The van der Waals surface area contributed by atoms with Gasteiger partial charge in [-0.2, -0.15) is 0 Å². The Morgan fingerprint density at radius 1 is 1.62 bits per heavy atom. The third-order valence-corrected chi connectivity index (χ3v) is 5.15. The van der Waals surface area contributed by atoms with Crippen molar-refractivity contribution in [3.05, 3.63) is 11.1 Å². The number of hydrogen-bond acceptors (Lipinski definition) is 9. The lowest BCUT2D eigenvalue weighted by atomic mass is 10.2. The molecule has 2 unspecified atom stereocenters. The molecule has 2 heterocycles. The highest BCUT2D eigenvalue weighted by molar-refractivity contribution is 7.85. The summed E-state index contributed by atoms with van der Waals surface area (Å²) < 4.78 is 11.9. The Balaban J connectivity index is 2.08. The van der Waals surface area contributed by atoms with E-state index < -0.39 is 28.0 Å². The van der Waals surface area contributed by atoms with Crippen LogP contribution >= 0.6 is 11.3 Å². The number of nitrogens with zero attached hydrogens (tertiary/aromatic N) is 3. The summed E-state index contributed by atoms with van der Waals surface area (Å²) in [6.45, 7) is -0.0927. The lowest BCUT2D eigenvalue weighted by Crippen LogP contribution is -2.41. The molecule has 24 heavy (non-hydrogen) atoms. The van der Waals surface area contributed by atoms with Crippen molar-refractivity contribution in [2.24, 2.45) is 10.1 Å². The standard InChI is InChI=1S/C12H15N5O5S2/c1-22-17-9(7-5-23-12(13)16-7)10(18)14-4-8-15-6(11(19)20)2-3-24(8)21/h5,8H,2-4H2,1H3,(H2,13,16)(H,14,18)(H,19,20)/b17-9-. The van der Waals surface area contributed by atoms with E-state index in [-0.39, 0.29) is 41.0 Å². The van der Waals surface area contributed by atoms with Crippen molar-refractivity contribution in [3.8, 4) is 0 Å². The predicted octanol–water partition coefficient (Wildman–Crippen LogP) is -0.804. The number of rotatable bonds is 6. The number of aromatic nitrogens is 1. The van der Waals surface area contributed by atoms with E-state index in [4.69, 9.17) is 10.8 Å². The second-order valence-electron chi connectivity index (χ2n) is 4.57. The third-order valence-electron chi connectivity index (χ3n) is 2.99. The number of nitrogen functional groups attached to an aromatic ring is 1. The van der Waals surface area contributed by atoms with Crippen molar-refractivity contribution < 1.29 is 23.7 Å². The van der Waals surface area contributed by atoms with Crippen LogP contribution in [0.3, 0.4) is 0 Å². The Morgan fingerprint density at radius 3 is 2.96 bits per heavy atom. The minimum Gasteiger partial charge on any atom is -0.477 e. The average molecular weight is 373 g/mol. The molecule has 0 spiro atoms. The number of anilines is 1. The molecule has 0 fully saturated rings. The van der Waals surface area contributed by atoms with Gasteiger partial charge in [0.1, 0.15) is 23.9 Å². The van der Waals surface area contributed by atoms with Crippen LogP contribution in [0.2, 0.25) is 0 Å². The number of carbonyl (C=O) groups is 2. The molecule has 0 saturated heterocycles. The first-order valence-electron chi connectivity index (χ1n) is 6.70. The lowest BCUT2D eigenvalue weighted by molar-refractivity contribution is -0.129. The van der Waals surface area contributed by atoms with Crippen molar-refractivity contribution in [2.75, 3.05) is 25.1 Å². The van der Waals surface area contributed by atoms with Gasteiger partial charge in [-0.3, -0.25) is 14.0 Å². The first kappa shape index (κ1) is 18.0. The summed E-state index contributed by atoms with van der Waals surface area (Å²) in [5.74, 6) is -1.58. The number of thiazole rings is 1. The second-order valence-corrected chi connectivity index (χ2v) is 7.18. The van der Waals surface area contributed by atoms with E-state index in [1.807, 2.05) is 0 Å². The van der Waals surface area contributed by atoms with E-state index in [1.54, 1.807) is 5.38 Å². The van der Waals surface area contributed by atoms with Gasteiger partial charge in [0.05, 0.1) is 6.54 Å². The Kier molecular flexibility index (Phi) is 5.98. The third kappa shape index (κ3) is 4.35. The molecule has 0 aliphatic carbocycles. The Labute approximate surface area is 143 Å². The number of nitrogens with two attached hydrogens (primary N) is 1. The normalized spacial score (nSPS) is 21.0. The molecule has 4 N–H and O–H groups in total. The molecule has 0 bridgehead atoms. The van der Waals surface area contributed by atoms with Gasteiger partial charge in [-0.05, 0) is 0 Å². The Hall–Kier alpha value is -2.34. The van der Waals surface area contributed by atoms with Gasteiger partial charge in [0.2, 0.25) is 0 Å². The molecule has 12 heteroatoms. The maximum atomic E-state index is 12.2. The molecule has 1 aliphatic rings. The minimum atomic E-state index is -1.36. The topological polar surface area (TPSA) is 156 Å². The van der Waals surface area contributed by atoms with Crippen molar-refractivity contribution >= 4 is 50.6 Å². The molecule has 1 aromatic rings. The number of aliphatic carboxylic acids is 1. The maximum Gasteiger partial charge on any atom is 0.349 e. The van der Waals surface area contributed by atoms with Crippen LogP contribution in [-0.4, -0.2) is 62.4 Å². The van der Waals surface area contributed by atoms with E-state index in [0.717, 1.165) is 11.3 Å². The van der Waals surface area contributed by atoms with Crippen molar-refractivity contribution in [3.63, 3.8) is 0 Å². The number of amides is 1. The highest BCUT2D eigenvalue weighted by Crippen LogP contribution is 2.13. The molecule has 0 aromatic carbocycles. The molecule has 0 saturated carbocycles. The fourth-order valence-electron chi connectivity index (χ4n) is 1.89. The SMILES string of the molecule is CO/N=C(\C(=O)NCC1N=C(C(=O)O)CCS1=O)c1csc(N)n1. The van der Waals surface area contributed by atoms with Crippen LogP contribution in [0.4, 0.5) is 5.13 Å². The molecule has 1 amide bonds. The van der Waals surface area contributed by atoms with E-state index in [0.29, 0.717) is 0 Å². The summed E-state index contributed by atoms with van der Waals surface area (Å²) in [5, 5.41) is 16.1. The average Bonchev–Trinajstić information content (AvgIpc) is 2.97. The first-order valence-corrected chi connectivity index (χ1v) is 8.96. The first-order chi connectivity index (χ1) is 11.4. The zero-order chi connectivity index (χ0) is 17.7. The van der Waals surface area contributed by atoms with Crippen LogP contribution in [0.5, 0.6) is 0 Å². The Morgan fingerprint density at radius 2 is 2.38 bits per heavy atom. The maximum absolute atomic E-state index is 12.2. The van der Waals surface area contributed by atoms with Gasteiger partial charge >= 0.3 is 5.97 Å². The molecule has 10 nitrogen and oxygen atoms in total. The van der Waals surface area contributed by atoms with E-state index in [2.05, 4.69) is 25.3 Å². The summed E-state index contributed by atoms with van der Waals surface area (Å²) in [6, 6.07) is 0. The zero-order valence-electron chi connectivity index (χ0n) is 12.6. The summed E-state index contributed by atoms with van der Waals surface area (Å²) >= 11 is 1.14. The van der Waals surface area contributed by atoms with Gasteiger partial charge in [-0.15, -0.1) is 11.3 Å². The van der Waals surface area contributed by atoms with Gasteiger partial charge in [0.15, 0.2) is 10.8 Å². The smallest absolute Gasteiger partial charge is 0.349 e. The molecular formula is C12H15N5O5S2. The van der Waals surface area contributed by atoms with Crippen LogP contribution in [0.25, 0.3) is 0 Å². The summed E-state index contributed by atoms with van der Waals surface area (Å²) in [7, 11) is -0.0788. The monoisotopic (exact) mass is 373 g/mol. The van der Waals surface area contributed by atoms with Gasteiger partial charge < -0.3 is 21.0 Å². The fraction of sp³-hybridized carbons (Fsp3) is 0.417. The van der Waals surface area contributed by atoms with Gasteiger partial charge in [0.25, 0.3) is 5.91 Å². The largest absolute Gasteiger partial charge is 0.477 e. The highest BCUT2D eigenvalue weighted by atomic mass is 32.2. The highest BCUT2D eigenvalue weighted by Gasteiger charge is 2.27. The van der Waals surface area contributed by atoms with Crippen LogP contribution in [0, 0.1) is 0 Å². The van der Waals surface area contributed by atoms with Gasteiger partial charge in [-0.1, -0.05) is 5.16 Å². The van der Waals surface area contributed by atoms with Gasteiger partial charge in [-0.25, -0.2) is 9.78 Å². The number of aliphatic imine (C=N–C) groups is 1. The minimum absolute atomic E-state index is 0.0492. The Bertz CT molecular complexity index is 729. The molecule has 1 aliphatic heterocycles. The summed E-state index contributed by atoms with van der Waals surface area (Å²) in [4.78, 5) is 35.7. The van der Waals surface area contributed by atoms with Crippen LogP contribution in [-0.2, 0) is 25.2 Å². The fourth-order valence-corrected chi connectivity index (χ4v) is 3.62. The second kappa shape index (κ2) is 7.97. The quantitative estimate of drug-likeness (QED) is 0.435. The predicted molar refractivity (Wildman–Crippen MR) is 89.6 cm³/mol. The summed E-state index contributed by atoms with van der Waals surface area (Å²) in [5.41, 5.74) is 5.64. The van der Waals surface area contributed by atoms with E-state index in [1.165, 1.54) is 7.11 Å². The molecule has 2 atom stereocenters. The number of oxime groups is 1. The van der Waals surface area contributed by atoms with Crippen LogP contribution in [0.1, 0.15) is 12.1 Å². The lowest BCUT2D eigenvalue weighted by Gasteiger charge is -2.18. The zero-order valence-corrected chi connectivity index (χ0v) is 14.2. The molecule has 1 aromatic heterocycles. The molecular weight excluding hydrogens is 358 g/mol. The molecule has 2 rings (SSSR count). The van der Waals surface area contributed by atoms with Crippen molar-refractivity contribution in [2.45, 2.75) is 11.8 Å². The van der Waals surface area contributed by atoms with E-state index >= 15 is 0 Å². The van der Waals surface area contributed by atoms with Crippen molar-refractivity contribution in [1.29, 1.82) is 0 Å². The number of carbonyl (C=O) groups excluding carboxylic acids is 1. The molecule has 0 radical (unpaired) electrons. The van der Waals surface area contributed by atoms with Gasteiger partial charge in [0, 0.05) is 28.4 Å². The molecule has 130 valence electrons. The number of carboxylic acid groups (broad SMARTS) is 1. The summed E-state index contributed by atoms with van der Waals surface area (Å²) in [6.07, 6.45) is 0.140. The number of carboxylic acids is 1. The van der Waals surface area contributed by atoms with E-state index in [9.17, 15) is 13.8 Å². The number of hydrogen-bond donors (Lipinski definition) is 3. The van der Waals surface area contributed by atoms with Crippen LogP contribution in [0.15, 0.2) is 15.5 Å². The van der Waals surface area contributed by atoms with Crippen LogP contribution < -0.4 is 11.1 Å².